The molecule has 0 unspecified atom stereocenters. The van der Waals surface area contributed by atoms with E-state index in [9.17, 15) is 4.79 Å². The van der Waals surface area contributed by atoms with Crippen LogP contribution in [-0.2, 0) is 6.42 Å². The highest BCUT2D eigenvalue weighted by Gasteiger charge is 2.03. The van der Waals surface area contributed by atoms with Gasteiger partial charge >= 0.3 is 0 Å². The predicted molar refractivity (Wildman–Crippen MR) is 116 cm³/mol. The molecule has 1 aromatic heterocycles. The summed E-state index contributed by atoms with van der Waals surface area (Å²) < 4.78 is 0. The lowest BCUT2D eigenvalue weighted by atomic mass is 10.2. The van der Waals surface area contributed by atoms with Crippen LogP contribution in [-0.4, -0.2) is 38.5 Å². The summed E-state index contributed by atoms with van der Waals surface area (Å²) in [6.45, 7) is 2.24. The van der Waals surface area contributed by atoms with E-state index >= 15 is 0 Å². The summed E-state index contributed by atoms with van der Waals surface area (Å²) in [5.74, 6) is 0.759. The number of hydrogen-bond acceptors (Lipinski definition) is 3. The second kappa shape index (κ2) is 12.7. The van der Waals surface area contributed by atoms with Crippen molar-refractivity contribution in [2.45, 2.75) is 12.8 Å². The largest absolute Gasteiger partial charge is 0.356 e. The van der Waals surface area contributed by atoms with Gasteiger partial charge in [0.25, 0.3) is 5.91 Å². The van der Waals surface area contributed by atoms with Crippen LogP contribution in [0.1, 0.15) is 21.7 Å². The molecule has 1 heterocycles. The summed E-state index contributed by atoms with van der Waals surface area (Å²) in [5.41, 5.74) is 0.691. The Morgan fingerprint density at radius 2 is 1.72 bits per heavy atom. The molecule has 1 amide bonds. The fourth-order valence-electron chi connectivity index (χ4n) is 2.17. The highest BCUT2D eigenvalue weighted by Crippen LogP contribution is 2.07. The number of carbonyl (C=O) groups excluding carboxylic acids is 1. The lowest BCUT2D eigenvalue weighted by Crippen LogP contribution is -2.39. The number of rotatable bonds is 8. The molecule has 0 spiro atoms. The van der Waals surface area contributed by atoms with E-state index < -0.39 is 0 Å². The Kier molecular flexibility index (Phi) is 10.9. The smallest absolute Gasteiger partial charge is 0.251 e. The molecule has 5 nitrogen and oxygen atoms in total. The van der Waals surface area contributed by atoms with Crippen molar-refractivity contribution < 1.29 is 4.79 Å². The SMILES string of the molecule is CN=C(NCCCNC(=O)c1ccccc1)NCCc1cccs1.I. The first-order chi connectivity index (χ1) is 11.8. The second-order valence-electron chi connectivity index (χ2n) is 5.23. The van der Waals surface area contributed by atoms with Crippen molar-refractivity contribution in [3.8, 4) is 0 Å². The molecule has 0 bridgehead atoms. The van der Waals surface area contributed by atoms with Gasteiger partial charge in [-0.3, -0.25) is 9.79 Å². The second-order valence-corrected chi connectivity index (χ2v) is 6.26. The number of benzene rings is 1. The van der Waals surface area contributed by atoms with Gasteiger partial charge in [0.15, 0.2) is 5.96 Å². The zero-order valence-electron chi connectivity index (χ0n) is 14.3. The molecule has 1 aromatic carbocycles. The Bertz CT molecular complexity index is 632. The fraction of sp³-hybridized carbons (Fsp3) is 0.333. The average Bonchev–Trinajstić information content (AvgIpc) is 3.14. The Balaban J connectivity index is 0.00000312. The van der Waals surface area contributed by atoms with Gasteiger partial charge in [-0.15, -0.1) is 35.3 Å². The normalized spacial score (nSPS) is 10.7. The fourth-order valence-corrected chi connectivity index (χ4v) is 2.88. The number of aliphatic imine (C=N–C) groups is 1. The van der Waals surface area contributed by atoms with Gasteiger partial charge in [-0.25, -0.2) is 0 Å². The first-order valence-corrected chi connectivity index (χ1v) is 8.97. The molecule has 0 aliphatic heterocycles. The monoisotopic (exact) mass is 472 g/mol. The molecule has 25 heavy (non-hydrogen) atoms. The van der Waals surface area contributed by atoms with Crippen LogP contribution in [0.2, 0.25) is 0 Å². The first kappa shape index (κ1) is 21.4. The lowest BCUT2D eigenvalue weighted by Gasteiger charge is -2.11. The maximum atomic E-state index is 11.9. The summed E-state index contributed by atoms with van der Waals surface area (Å²) in [4.78, 5) is 17.4. The van der Waals surface area contributed by atoms with Crippen LogP contribution in [0.3, 0.4) is 0 Å². The van der Waals surface area contributed by atoms with Crippen molar-refractivity contribution in [2.75, 3.05) is 26.7 Å². The summed E-state index contributed by atoms with van der Waals surface area (Å²) in [6, 6.07) is 13.5. The highest BCUT2D eigenvalue weighted by atomic mass is 127. The summed E-state index contributed by atoms with van der Waals surface area (Å²) >= 11 is 1.77. The molecule has 136 valence electrons. The molecule has 0 radical (unpaired) electrons. The Hall–Kier alpha value is -1.61. The van der Waals surface area contributed by atoms with Crippen molar-refractivity contribution in [3.05, 3.63) is 58.3 Å². The van der Waals surface area contributed by atoms with Crippen LogP contribution in [0.15, 0.2) is 52.8 Å². The van der Waals surface area contributed by atoms with E-state index in [2.05, 4.69) is 38.5 Å². The molecule has 0 aliphatic carbocycles. The molecule has 0 saturated heterocycles. The van der Waals surface area contributed by atoms with Gasteiger partial charge in [-0.1, -0.05) is 24.3 Å². The van der Waals surface area contributed by atoms with Crippen molar-refractivity contribution in [1.82, 2.24) is 16.0 Å². The molecule has 2 aromatic rings. The highest BCUT2D eigenvalue weighted by molar-refractivity contribution is 14.0. The lowest BCUT2D eigenvalue weighted by molar-refractivity contribution is 0.0953. The molecule has 3 N–H and O–H groups in total. The van der Waals surface area contributed by atoms with Gasteiger partial charge in [0.05, 0.1) is 0 Å². The summed E-state index contributed by atoms with van der Waals surface area (Å²) in [7, 11) is 1.76. The van der Waals surface area contributed by atoms with Crippen LogP contribution in [0, 0.1) is 0 Å². The third-order valence-corrected chi connectivity index (χ3v) is 4.37. The number of amides is 1. The van der Waals surface area contributed by atoms with E-state index in [1.54, 1.807) is 18.4 Å². The maximum Gasteiger partial charge on any atom is 0.251 e. The topological polar surface area (TPSA) is 65.5 Å². The minimum atomic E-state index is -0.0333. The molecule has 0 fully saturated rings. The van der Waals surface area contributed by atoms with Crippen molar-refractivity contribution >= 4 is 47.2 Å². The Morgan fingerprint density at radius 1 is 1.00 bits per heavy atom. The molecule has 0 saturated carbocycles. The average molecular weight is 472 g/mol. The number of carbonyl (C=O) groups is 1. The van der Waals surface area contributed by atoms with Gasteiger partial charge < -0.3 is 16.0 Å². The van der Waals surface area contributed by atoms with Crippen molar-refractivity contribution in [2.24, 2.45) is 4.99 Å². The van der Waals surface area contributed by atoms with E-state index in [1.807, 2.05) is 30.3 Å². The molecule has 7 heteroatoms. The minimum absolute atomic E-state index is 0. The van der Waals surface area contributed by atoms with Gasteiger partial charge in [0.1, 0.15) is 0 Å². The number of hydrogen-bond donors (Lipinski definition) is 3. The van der Waals surface area contributed by atoms with Crippen LogP contribution < -0.4 is 16.0 Å². The first-order valence-electron chi connectivity index (χ1n) is 8.10. The van der Waals surface area contributed by atoms with E-state index in [4.69, 9.17) is 0 Å². The molecule has 2 rings (SSSR count). The number of nitrogens with zero attached hydrogens (tertiary/aromatic N) is 1. The molecular formula is C18H25IN4OS. The molecule has 0 aliphatic rings. The van der Waals surface area contributed by atoms with Gasteiger partial charge in [0.2, 0.25) is 0 Å². The van der Waals surface area contributed by atoms with Crippen molar-refractivity contribution in [1.29, 1.82) is 0 Å². The number of halogens is 1. The van der Waals surface area contributed by atoms with Crippen LogP contribution in [0.25, 0.3) is 0 Å². The minimum Gasteiger partial charge on any atom is -0.356 e. The van der Waals surface area contributed by atoms with Crippen LogP contribution in [0.4, 0.5) is 0 Å². The number of guanidine groups is 1. The maximum absolute atomic E-state index is 11.9. The van der Waals surface area contributed by atoms with Gasteiger partial charge in [0, 0.05) is 37.1 Å². The van der Waals surface area contributed by atoms with Gasteiger partial charge in [-0.05, 0) is 36.4 Å². The zero-order chi connectivity index (χ0) is 17.0. The quantitative estimate of drug-likeness (QED) is 0.240. The van der Waals surface area contributed by atoms with E-state index in [0.29, 0.717) is 12.1 Å². The zero-order valence-corrected chi connectivity index (χ0v) is 17.5. The number of nitrogens with one attached hydrogen (secondary N) is 3. The Labute approximate surface area is 170 Å². The summed E-state index contributed by atoms with van der Waals surface area (Å²) in [5, 5.41) is 11.5. The van der Waals surface area contributed by atoms with Gasteiger partial charge in [-0.2, -0.15) is 0 Å². The predicted octanol–water partition coefficient (Wildman–Crippen LogP) is 2.89. The third-order valence-electron chi connectivity index (χ3n) is 3.44. The Morgan fingerprint density at radius 3 is 2.40 bits per heavy atom. The van der Waals surface area contributed by atoms with Crippen LogP contribution >= 0.6 is 35.3 Å². The number of thiophene rings is 1. The molecule has 0 atom stereocenters. The van der Waals surface area contributed by atoms with E-state index in [0.717, 1.165) is 31.9 Å². The van der Waals surface area contributed by atoms with Crippen molar-refractivity contribution in [3.63, 3.8) is 0 Å². The third kappa shape index (κ3) is 8.35. The molecular weight excluding hydrogens is 447 g/mol. The van der Waals surface area contributed by atoms with E-state index in [1.165, 1.54) is 4.88 Å². The summed E-state index contributed by atoms with van der Waals surface area (Å²) in [6.07, 6.45) is 1.83. The van der Waals surface area contributed by atoms with E-state index in [-0.39, 0.29) is 29.9 Å². The van der Waals surface area contributed by atoms with Crippen LogP contribution in [0.5, 0.6) is 0 Å². The standard InChI is InChI=1S/C18H24N4OS.HI/c1-19-18(22-13-10-16-9-5-14-24-16)21-12-6-11-20-17(23)15-7-3-2-4-8-15;/h2-5,7-9,14H,6,10-13H2,1H3,(H,20,23)(H2,19,21,22);1H.